The molecule has 6 nitrogen and oxygen atoms in total. The maximum Gasteiger partial charge on any atom is 0.255 e. The summed E-state index contributed by atoms with van der Waals surface area (Å²) in [5.74, 6) is -0.234. The summed E-state index contributed by atoms with van der Waals surface area (Å²) in [5.41, 5.74) is 11.2. The van der Waals surface area contributed by atoms with Gasteiger partial charge in [-0.25, -0.2) is 0 Å². The van der Waals surface area contributed by atoms with Crippen molar-refractivity contribution in [3.63, 3.8) is 0 Å². The molecule has 3 N–H and O–H groups in total. The van der Waals surface area contributed by atoms with E-state index in [1.54, 1.807) is 41.7 Å². The van der Waals surface area contributed by atoms with Gasteiger partial charge in [0.15, 0.2) is 0 Å². The number of nitrogen functional groups attached to an aromatic ring is 1. The molecule has 4 aromatic rings. The third kappa shape index (κ3) is 5.01. The molecule has 3 aromatic carbocycles. The first-order chi connectivity index (χ1) is 15.5. The van der Waals surface area contributed by atoms with Crippen LogP contribution in [0, 0.1) is 0 Å². The molecule has 32 heavy (non-hydrogen) atoms. The zero-order valence-corrected chi connectivity index (χ0v) is 18.6. The first-order valence-corrected chi connectivity index (χ1v) is 10.9. The summed E-state index contributed by atoms with van der Waals surface area (Å²) in [5, 5.41) is 13.4. The Labute approximate surface area is 191 Å². The van der Waals surface area contributed by atoms with Crippen LogP contribution in [0.15, 0.2) is 94.5 Å². The van der Waals surface area contributed by atoms with E-state index in [1.165, 1.54) is 0 Å². The molecule has 0 bridgehead atoms. The molecule has 0 aliphatic carbocycles. The van der Waals surface area contributed by atoms with Crippen LogP contribution >= 0.6 is 11.3 Å². The van der Waals surface area contributed by atoms with Gasteiger partial charge in [-0.05, 0) is 77.7 Å². The van der Waals surface area contributed by atoms with Gasteiger partial charge in [-0.15, -0.1) is 11.3 Å². The molecular formula is C25H23N5OS. The highest BCUT2D eigenvalue weighted by atomic mass is 32.1. The standard InChI is InChI=1S/C25H23N5OS/c1-30(2)21-12-10-20(11-13-21)29-28-19-8-5-17(6-9-19)25(31)27-23-16-18(7-14-22(23)26)24-4-3-15-32-24/h3-16H,26H2,1-2H3,(H,27,31). The lowest BCUT2D eigenvalue weighted by atomic mass is 10.1. The van der Waals surface area contributed by atoms with Crippen molar-refractivity contribution in [2.45, 2.75) is 0 Å². The Morgan fingerprint density at radius 2 is 1.56 bits per heavy atom. The van der Waals surface area contributed by atoms with E-state index in [-0.39, 0.29) is 5.91 Å². The lowest BCUT2D eigenvalue weighted by Crippen LogP contribution is -2.13. The summed E-state index contributed by atoms with van der Waals surface area (Å²) in [6, 6.07) is 24.4. The summed E-state index contributed by atoms with van der Waals surface area (Å²) in [7, 11) is 3.98. The summed E-state index contributed by atoms with van der Waals surface area (Å²) in [6.07, 6.45) is 0. The van der Waals surface area contributed by atoms with Gasteiger partial charge in [-0.2, -0.15) is 10.2 Å². The van der Waals surface area contributed by atoms with Crippen LogP contribution in [-0.4, -0.2) is 20.0 Å². The van der Waals surface area contributed by atoms with Crippen molar-refractivity contribution < 1.29 is 4.79 Å². The average Bonchev–Trinajstić information content (AvgIpc) is 3.35. The van der Waals surface area contributed by atoms with E-state index in [1.807, 2.05) is 72.9 Å². The number of amides is 1. The molecule has 0 saturated carbocycles. The number of hydrogen-bond donors (Lipinski definition) is 2. The van der Waals surface area contributed by atoms with Gasteiger partial charge >= 0.3 is 0 Å². The monoisotopic (exact) mass is 441 g/mol. The number of azo groups is 1. The van der Waals surface area contributed by atoms with E-state index in [9.17, 15) is 4.79 Å². The number of nitrogens with one attached hydrogen (secondary N) is 1. The normalized spacial score (nSPS) is 10.9. The molecule has 0 saturated heterocycles. The van der Waals surface area contributed by atoms with E-state index in [0.717, 1.165) is 21.8 Å². The van der Waals surface area contributed by atoms with Crippen LogP contribution in [0.25, 0.3) is 10.4 Å². The predicted octanol–water partition coefficient (Wildman–Crippen LogP) is 6.73. The lowest BCUT2D eigenvalue weighted by molar-refractivity contribution is 0.102. The Bertz CT molecular complexity index is 1230. The Kier molecular flexibility index (Phi) is 6.28. The fraction of sp³-hybridized carbons (Fsp3) is 0.0800. The van der Waals surface area contributed by atoms with Crippen molar-refractivity contribution in [2.24, 2.45) is 10.2 Å². The zero-order valence-electron chi connectivity index (χ0n) is 17.8. The molecule has 1 aromatic heterocycles. The maximum atomic E-state index is 12.7. The van der Waals surface area contributed by atoms with Gasteiger partial charge in [0, 0.05) is 30.2 Å². The highest BCUT2D eigenvalue weighted by Crippen LogP contribution is 2.30. The third-order valence-electron chi connectivity index (χ3n) is 4.88. The Hall–Kier alpha value is -3.97. The second-order valence-electron chi connectivity index (χ2n) is 7.39. The van der Waals surface area contributed by atoms with Crippen LogP contribution in [0.2, 0.25) is 0 Å². The number of hydrogen-bond acceptors (Lipinski definition) is 6. The number of thiophene rings is 1. The first kappa shape index (κ1) is 21.3. The molecule has 1 amide bonds. The summed E-state index contributed by atoms with van der Waals surface area (Å²) >= 11 is 1.64. The number of nitrogens with two attached hydrogens (primary N) is 1. The largest absolute Gasteiger partial charge is 0.397 e. The van der Waals surface area contributed by atoms with Crippen molar-refractivity contribution in [1.29, 1.82) is 0 Å². The minimum atomic E-state index is -0.234. The highest BCUT2D eigenvalue weighted by molar-refractivity contribution is 7.13. The third-order valence-corrected chi connectivity index (χ3v) is 5.80. The predicted molar refractivity (Wildman–Crippen MR) is 134 cm³/mol. The molecule has 0 unspecified atom stereocenters. The van der Waals surface area contributed by atoms with Crippen LogP contribution in [0.5, 0.6) is 0 Å². The first-order valence-electron chi connectivity index (χ1n) is 10.0. The number of rotatable bonds is 6. The molecule has 0 spiro atoms. The van der Waals surface area contributed by atoms with E-state index in [2.05, 4.69) is 15.5 Å². The van der Waals surface area contributed by atoms with E-state index >= 15 is 0 Å². The molecular weight excluding hydrogens is 418 g/mol. The number of carbonyl (C=O) groups is 1. The van der Waals surface area contributed by atoms with Crippen molar-refractivity contribution in [3.8, 4) is 10.4 Å². The smallest absolute Gasteiger partial charge is 0.255 e. The Morgan fingerprint density at radius 1 is 0.906 bits per heavy atom. The van der Waals surface area contributed by atoms with Crippen LogP contribution < -0.4 is 16.0 Å². The molecule has 0 radical (unpaired) electrons. The average molecular weight is 442 g/mol. The second kappa shape index (κ2) is 9.45. The van der Waals surface area contributed by atoms with Gasteiger partial charge in [-0.3, -0.25) is 4.79 Å². The minimum Gasteiger partial charge on any atom is -0.397 e. The van der Waals surface area contributed by atoms with Crippen molar-refractivity contribution >= 4 is 45.7 Å². The van der Waals surface area contributed by atoms with Crippen molar-refractivity contribution in [1.82, 2.24) is 0 Å². The quantitative estimate of drug-likeness (QED) is 0.257. The van der Waals surface area contributed by atoms with Gasteiger partial charge in [0.25, 0.3) is 5.91 Å². The highest BCUT2D eigenvalue weighted by Gasteiger charge is 2.10. The van der Waals surface area contributed by atoms with Crippen LogP contribution in [0.4, 0.5) is 28.4 Å². The second-order valence-corrected chi connectivity index (χ2v) is 8.34. The van der Waals surface area contributed by atoms with Crippen LogP contribution in [-0.2, 0) is 0 Å². The van der Waals surface area contributed by atoms with E-state index in [4.69, 9.17) is 5.73 Å². The van der Waals surface area contributed by atoms with E-state index < -0.39 is 0 Å². The van der Waals surface area contributed by atoms with Gasteiger partial charge < -0.3 is 16.0 Å². The lowest BCUT2D eigenvalue weighted by Gasteiger charge is -2.11. The molecule has 4 rings (SSSR count). The number of carbonyl (C=O) groups excluding carboxylic acids is 1. The summed E-state index contributed by atoms with van der Waals surface area (Å²) in [6.45, 7) is 0. The number of benzene rings is 3. The fourth-order valence-corrected chi connectivity index (χ4v) is 3.79. The van der Waals surface area contributed by atoms with Crippen LogP contribution in [0.3, 0.4) is 0 Å². The SMILES string of the molecule is CN(C)c1ccc(N=Nc2ccc(C(=O)Nc3cc(-c4cccs4)ccc3N)cc2)cc1. The molecule has 0 atom stereocenters. The number of anilines is 3. The fourth-order valence-electron chi connectivity index (χ4n) is 3.07. The maximum absolute atomic E-state index is 12.7. The van der Waals surface area contributed by atoms with E-state index in [0.29, 0.717) is 22.6 Å². The van der Waals surface area contributed by atoms with Crippen molar-refractivity contribution in [2.75, 3.05) is 30.0 Å². The molecule has 0 fully saturated rings. The van der Waals surface area contributed by atoms with Crippen LogP contribution in [0.1, 0.15) is 10.4 Å². The number of nitrogens with zero attached hydrogens (tertiary/aromatic N) is 3. The van der Waals surface area contributed by atoms with Gasteiger partial charge in [0.05, 0.1) is 22.7 Å². The molecule has 0 aliphatic heterocycles. The van der Waals surface area contributed by atoms with Gasteiger partial charge in [-0.1, -0.05) is 12.1 Å². The van der Waals surface area contributed by atoms with Gasteiger partial charge in [0.1, 0.15) is 0 Å². The Balaban J connectivity index is 1.44. The molecule has 160 valence electrons. The summed E-state index contributed by atoms with van der Waals surface area (Å²) < 4.78 is 0. The topological polar surface area (TPSA) is 83.1 Å². The minimum absolute atomic E-state index is 0.234. The molecule has 7 heteroatoms. The molecule has 1 heterocycles. The zero-order chi connectivity index (χ0) is 22.5. The van der Waals surface area contributed by atoms with Crippen molar-refractivity contribution in [3.05, 3.63) is 89.8 Å². The molecule has 0 aliphatic rings. The summed E-state index contributed by atoms with van der Waals surface area (Å²) in [4.78, 5) is 15.9. The van der Waals surface area contributed by atoms with Gasteiger partial charge in [0.2, 0.25) is 0 Å². The Morgan fingerprint density at radius 3 is 2.16 bits per heavy atom.